The summed E-state index contributed by atoms with van der Waals surface area (Å²) < 4.78 is 0. The summed E-state index contributed by atoms with van der Waals surface area (Å²) in [6.07, 6.45) is 6.82. The van der Waals surface area contributed by atoms with E-state index in [1.807, 2.05) is 12.1 Å². The van der Waals surface area contributed by atoms with Gasteiger partial charge in [0.2, 0.25) is 11.8 Å². The Hall–Kier alpha value is -3.07. The number of H-pyrrole nitrogens is 1. The van der Waals surface area contributed by atoms with Gasteiger partial charge in [0.25, 0.3) is 5.56 Å². The minimum absolute atomic E-state index is 0.0410. The first-order chi connectivity index (χ1) is 15.0. The first-order valence-electron chi connectivity index (χ1n) is 10.8. The topological polar surface area (TPSA) is 111 Å². The summed E-state index contributed by atoms with van der Waals surface area (Å²) in [5.41, 5.74) is 2.59. The van der Waals surface area contributed by atoms with E-state index in [2.05, 4.69) is 20.2 Å². The van der Waals surface area contributed by atoms with Gasteiger partial charge in [0.05, 0.1) is 18.3 Å². The van der Waals surface area contributed by atoms with Crippen molar-refractivity contribution in [2.24, 2.45) is 0 Å². The maximum absolute atomic E-state index is 12.8. The van der Waals surface area contributed by atoms with E-state index in [9.17, 15) is 14.4 Å². The average molecular weight is 425 g/mol. The number of piperidine rings is 1. The Balaban J connectivity index is 1.54. The van der Waals surface area contributed by atoms with E-state index in [0.29, 0.717) is 25.3 Å². The molecular weight excluding hydrogens is 396 g/mol. The SMILES string of the molecule is CC(=O)NCC(=O)N1CCCCC1c1nc2c(c(=O)[nH]1)CCN(Cc1ccncc1)C2. The van der Waals surface area contributed by atoms with E-state index in [1.54, 1.807) is 17.3 Å². The molecule has 2 aliphatic heterocycles. The first-order valence-corrected chi connectivity index (χ1v) is 10.8. The maximum Gasteiger partial charge on any atom is 0.254 e. The number of rotatable bonds is 5. The molecule has 9 nitrogen and oxygen atoms in total. The molecule has 1 fully saturated rings. The molecule has 2 N–H and O–H groups in total. The molecule has 0 aliphatic carbocycles. The zero-order valence-corrected chi connectivity index (χ0v) is 17.8. The van der Waals surface area contributed by atoms with Crippen molar-refractivity contribution >= 4 is 11.8 Å². The highest BCUT2D eigenvalue weighted by Gasteiger charge is 2.31. The standard InChI is InChI=1S/C22H28N6O3/c1-15(29)24-12-20(30)28-10-3-2-4-19(28)21-25-18-14-27(11-7-17(18)22(31)26-21)13-16-5-8-23-9-6-16/h5-6,8-9,19H,2-4,7,10-14H2,1H3,(H,24,29)(H,25,26,31). The molecule has 4 rings (SSSR count). The van der Waals surface area contributed by atoms with Crippen LogP contribution in [0.25, 0.3) is 0 Å². The lowest BCUT2D eigenvalue weighted by molar-refractivity contribution is -0.136. The van der Waals surface area contributed by atoms with Gasteiger partial charge in [-0.25, -0.2) is 4.98 Å². The summed E-state index contributed by atoms with van der Waals surface area (Å²) in [6.45, 7) is 4.11. The number of hydrogen-bond donors (Lipinski definition) is 2. The predicted octanol–water partition coefficient (Wildman–Crippen LogP) is 0.913. The van der Waals surface area contributed by atoms with Gasteiger partial charge in [-0.15, -0.1) is 0 Å². The summed E-state index contributed by atoms with van der Waals surface area (Å²) in [5.74, 6) is 0.154. The molecule has 2 aliphatic rings. The number of pyridine rings is 1. The average Bonchev–Trinajstić information content (AvgIpc) is 2.78. The molecule has 2 aromatic heterocycles. The highest BCUT2D eigenvalue weighted by molar-refractivity contribution is 5.84. The van der Waals surface area contributed by atoms with E-state index in [0.717, 1.165) is 43.6 Å². The van der Waals surface area contributed by atoms with Gasteiger partial charge in [-0.05, 0) is 43.4 Å². The van der Waals surface area contributed by atoms with E-state index in [4.69, 9.17) is 4.98 Å². The van der Waals surface area contributed by atoms with Crippen LogP contribution in [0.2, 0.25) is 0 Å². The van der Waals surface area contributed by atoms with Crippen molar-refractivity contribution < 1.29 is 9.59 Å². The second-order valence-electron chi connectivity index (χ2n) is 8.20. The molecule has 0 radical (unpaired) electrons. The summed E-state index contributed by atoms with van der Waals surface area (Å²) in [6, 6.07) is 3.71. The second-order valence-corrected chi connectivity index (χ2v) is 8.20. The molecule has 2 aromatic rings. The number of likely N-dealkylation sites (tertiary alicyclic amines) is 1. The molecule has 31 heavy (non-hydrogen) atoms. The van der Waals surface area contributed by atoms with Crippen LogP contribution in [-0.4, -0.2) is 56.2 Å². The summed E-state index contributed by atoms with van der Waals surface area (Å²) in [7, 11) is 0. The molecule has 2 amide bonds. The van der Waals surface area contributed by atoms with Crippen LogP contribution < -0.4 is 10.9 Å². The second kappa shape index (κ2) is 9.38. The van der Waals surface area contributed by atoms with Crippen LogP contribution in [0.3, 0.4) is 0 Å². The van der Waals surface area contributed by atoms with Crippen LogP contribution in [0.5, 0.6) is 0 Å². The van der Waals surface area contributed by atoms with Gasteiger partial charge in [0.15, 0.2) is 0 Å². The zero-order valence-electron chi connectivity index (χ0n) is 17.8. The Kier molecular flexibility index (Phi) is 6.41. The number of nitrogens with one attached hydrogen (secondary N) is 2. The van der Waals surface area contributed by atoms with Crippen molar-refractivity contribution in [1.29, 1.82) is 0 Å². The van der Waals surface area contributed by atoms with Crippen LogP contribution in [-0.2, 0) is 29.1 Å². The quantitative estimate of drug-likeness (QED) is 0.738. The van der Waals surface area contributed by atoms with Crippen LogP contribution >= 0.6 is 0 Å². The van der Waals surface area contributed by atoms with Gasteiger partial charge < -0.3 is 15.2 Å². The van der Waals surface area contributed by atoms with Crippen molar-refractivity contribution in [3.63, 3.8) is 0 Å². The summed E-state index contributed by atoms with van der Waals surface area (Å²) in [4.78, 5) is 52.5. The summed E-state index contributed by atoms with van der Waals surface area (Å²) >= 11 is 0. The Morgan fingerprint density at radius 1 is 1.23 bits per heavy atom. The number of hydrogen-bond acceptors (Lipinski definition) is 6. The van der Waals surface area contributed by atoms with Crippen molar-refractivity contribution in [3.05, 3.63) is 57.5 Å². The van der Waals surface area contributed by atoms with Gasteiger partial charge in [0.1, 0.15) is 5.82 Å². The lowest BCUT2D eigenvalue weighted by Gasteiger charge is -2.36. The molecule has 0 bridgehead atoms. The van der Waals surface area contributed by atoms with Crippen molar-refractivity contribution in [2.75, 3.05) is 19.6 Å². The largest absolute Gasteiger partial charge is 0.347 e. The van der Waals surface area contributed by atoms with Gasteiger partial charge >= 0.3 is 0 Å². The molecule has 0 aromatic carbocycles. The van der Waals surface area contributed by atoms with Gasteiger partial charge in [0, 0.05) is 51.1 Å². The third-order valence-corrected chi connectivity index (χ3v) is 5.95. The minimum atomic E-state index is -0.274. The molecule has 164 valence electrons. The van der Waals surface area contributed by atoms with Gasteiger partial charge in [-0.3, -0.25) is 24.3 Å². The van der Waals surface area contributed by atoms with E-state index in [-0.39, 0.29) is 30.0 Å². The number of aromatic amines is 1. The number of aromatic nitrogens is 3. The molecule has 4 heterocycles. The Morgan fingerprint density at radius 2 is 2.03 bits per heavy atom. The predicted molar refractivity (Wildman–Crippen MR) is 114 cm³/mol. The van der Waals surface area contributed by atoms with Gasteiger partial charge in [-0.2, -0.15) is 0 Å². The fourth-order valence-electron chi connectivity index (χ4n) is 4.37. The molecule has 0 spiro atoms. The van der Waals surface area contributed by atoms with Crippen molar-refractivity contribution in [2.45, 2.75) is 51.7 Å². The Bertz CT molecular complexity index is 1010. The molecule has 9 heteroatoms. The van der Waals surface area contributed by atoms with Crippen molar-refractivity contribution in [1.82, 2.24) is 30.1 Å². The normalized spacial score (nSPS) is 19.0. The number of amides is 2. The monoisotopic (exact) mass is 424 g/mol. The lowest BCUT2D eigenvalue weighted by Crippen LogP contribution is -2.45. The number of nitrogens with zero attached hydrogens (tertiary/aromatic N) is 4. The molecular formula is C22H28N6O3. The van der Waals surface area contributed by atoms with Crippen LogP contribution in [0.4, 0.5) is 0 Å². The first kappa shape index (κ1) is 21.2. The Morgan fingerprint density at radius 3 is 2.81 bits per heavy atom. The molecule has 1 unspecified atom stereocenters. The molecule has 1 saturated heterocycles. The van der Waals surface area contributed by atoms with Crippen LogP contribution in [0.15, 0.2) is 29.3 Å². The number of carbonyl (C=O) groups is 2. The third-order valence-electron chi connectivity index (χ3n) is 5.95. The van der Waals surface area contributed by atoms with Crippen LogP contribution in [0.1, 0.15) is 54.9 Å². The van der Waals surface area contributed by atoms with Crippen molar-refractivity contribution in [3.8, 4) is 0 Å². The fraction of sp³-hybridized carbons (Fsp3) is 0.500. The molecule has 0 saturated carbocycles. The van der Waals surface area contributed by atoms with E-state index < -0.39 is 0 Å². The smallest absolute Gasteiger partial charge is 0.254 e. The summed E-state index contributed by atoms with van der Waals surface area (Å²) in [5, 5.41) is 2.57. The van der Waals surface area contributed by atoms with Crippen LogP contribution in [0, 0.1) is 0 Å². The minimum Gasteiger partial charge on any atom is -0.347 e. The number of fused-ring (bicyclic) bond motifs is 1. The van der Waals surface area contributed by atoms with E-state index in [1.165, 1.54) is 12.5 Å². The fourth-order valence-corrected chi connectivity index (χ4v) is 4.37. The highest BCUT2D eigenvalue weighted by Crippen LogP contribution is 2.29. The van der Waals surface area contributed by atoms with Gasteiger partial charge in [-0.1, -0.05) is 0 Å². The highest BCUT2D eigenvalue weighted by atomic mass is 16.2. The Labute approximate surface area is 180 Å². The van der Waals surface area contributed by atoms with E-state index >= 15 is 0 Å². The lowest BCUT2D eigenvalue weighted by atomic mass is 10.00. The molecule has 1 atom stereocenters. The zero-order chi connectivity index (χ0) is 21.8. The maximum atomic E-state index is 12.8. The third kappa shape index (κ3) is 4.99. The number of carbonyl (C=O) groups excluding carboxylic acids is 2.